The third-order valence-corrected chi connectivity index (χ3v) is 7.98. The summed E-state index contributed by atoms with van der Waals surface area (Å²) in [6.45, 7) is 1.19. The van der Waals surface area contributed by atoms with Gasteiger partial charge in [-0.25, -0.2) is 4.98 Å². The lowest BCUT2D eigenvalue weighted by atomic mass is 9.78. The van der Waals surface area contributed by atoms with E-state index in [1.165, 1.54) is 18.9 Å². The minimum atomic E-state index is -4.55. The number of rotatable bonds is 8. The second kappa shape index (κ2) is 11.1. The molecular weight excluding hydrogens is 511 g/mol. The molecule has 0 bridgehead atoms. The van der Waals surface area contributed by atoms with Gasteiger partial charge in [0.2, 0.25) is 5.91 Å². The van der Waals surface area contributed by atoms with Crippen LogP contribution in [0.3, 0.4) is 0 Å². The first-order valence-corrected chi connectivity index (χ1v) is 13.5. The van der Waals surface area contributed by atoms with Gasteiger partial charge >= 0.3 is 6.18 Å². The van der Waals surface area contributed by atoms with Crippen LogP contribution in [0.15, 0.2) is 42.6 Å². The predicted octanol–water partition coefficient (Wildman–Crippen LogP) is 3.43. The van der Waals surface area contributed by atoms with E-state index in [1.807, 2.05) is 12.1 Å². The number of benzene rings is 1. The van der Waals surface area contributed by atoms with E-state index in [9.17, 15) is 27.9 Å². The molecule has 2 amide bonds. The Balaban J connectivity index is 1.05. The molecule has 3 aliphatic rings. The zero-order valence-electron chi connectivity index (χ0n) is 21.6. The van der Waals surface area contributed by atoms with Gasteiger partial charge in [-0.2, -0.15) is 13.2 Å². The van der Waals surface area contributed by atoms with Crippen molar-refractivity contribution in [2.75, 3.05) is 25.0 Å². The van der Waals surface area contributed by atoms with Crippen molar-refractivity contribution in [3.63, 3.8) is 0 Å². The highest BCUT2D eigenvalue weighted by Crippen LogP contribution is 2.39. The molecule has 2 aromatic rings. The molecule has 1 aromatic carbocycles. The van der Waals surface area contributed by atoms with Crippen LogP contribution in [-0.2, 0) is 16.6 Å². The number of halogens is 3. The molecule has 8 nitrogen and oxygen atoms in total. The summed E-state index contributed by atoms with van der Waals surface area (Å²) in [7, 11) is 0. The van der Waals surface area contributed by atoms with E-state index in [2.05, 4.69) is 25.8 Å². The number of nitrogens with one attached hydrogen (secondary N) is 3. The third kappa shape index (κ3) is 6.88. The lowest BCUT2D eigenvalue weighted by molar-refractivity contribution is -0.137. The standard InChI is InChI=1S/C28H34F3N5O3/c29-28(30,31)19-3-1-2-18(14-19)26(38)33-16-25(37)35-22-10-13-36(17-22)23-8-11-27(39,12-9-23)20-4-7-24(32-15-20)34-21-5-6-21/h1-4,7,14-15,21-23,39H,5-6,8-13,16-17H2,(H,32,34)(H,33,38)(H,35,37)/t22-,23?,27?/m1/s1. The maximum atomic E-state index is 12.9. The number of aromatic nitrogens is 1. The van der Waals surface area contributed by atoms with Crippen LogP contribution in [0.5, 0.6) is 0 Å². The first kappa shape index (κ1) is 27.4. The predicted molar refractivity (Wildman–Crippen MR) is 139 cm³/mol. The lowest BCUT2D eigenvalue weighted by Crippen LogP contribution is -2.45. The SMILES string of the molecule is O=C(CNC(=O)c1cccc(C(F)(F)F)c1)N[C@@H]1CCN(C2CCC(O)(c3ccc(NC4CC4)nc3)CC2)C1. The number of hydrogen-bond donors (Lipinski definition) is 4. The Hall–Kier alpha value is -3.18. The molecule has 0 spiro atoms. The summed E-state index contributed by atoms with van der Waals surface area (Å²) in [6, 6.07) is 8.78. The van der Waals surface area contributed by atoms with Gasteiger partial charge < -0.3 is 21.1 Å². The fraction of sp³-hybridized carbons (Fsp3) is 0.536. The quantitative estimate of drug-likeness (QED) is 0.405. The zero-order chi connectivity index (χ0) is 27.6. The molecule has 3 fully saturated rings. The molecule has 210 valence electrons. The summed E-state index contributed by atoms with van der Waals surface area (Å²) in [5.74, 6) is -0.269. The molecule has 11 heteroatoms. The Bertz CT molecular complexity index is 1180. The molecule has 1 aromatic heterocycles. The summed E-state index contributed by atoms with van der Waals surface area (Å²) in [6.07, 6.45) is 3.32. The fourth-order valence-electron chi connectivity index (χ4n) is 5.54. The van der Waals surface area contributed by atoms with Gasteiger partial charge in [0.05, 0.1) is 17.7 Å². The van der Waals surface area contributed by atoms with Gasteiger partial charge in [0.25, 0.3) is 5.91 Å². The van der Waals surface area contributed by atoms with E-state index in [0.717, 1.165) is 55.4 Å². The summed E-state index contributed by atoms with van der Waals surface area (Å²) in [5, 5.41) is 19.9. The average Bonchev–Trinajstić information content (AvgIpc) is 3.62. The molecule has 1 saturated heterocycles. The minimum absolute atomic E-state index is 0.0699. The van der Waals surface area contributed by atoms with Crippen LogP contribution in [0.1, 0.15) is 66.4 Å². The average molecular weight is 546 g/mol. The van der Waals surface area contributed by atoms with Crippen LogP contribution in [0.4, 0.5) is 19.0 Å². The molecule has 2 heterocycles. The highest BCUT2D eigenvalue weighted by molar-refractivity contribution is 5.96. The molecule has 39 heavy (non-hydrogen) atoms. The minimum Gasteiger partial charge on any atom is -0.385 e. The summed E-state index contributed by atoms with van der Waals surface area (Å²) >= 11 is 0. The molecule has 2 saturated carbocycles. The van der Waals surface area contributed by atoms with Gasteiger partial charge in [-0.05, 0) is 69.2 Å². The lowest BCUT2D eigenvalue weighted by Gasteiger charge is -2.39. The third-order valence-electron chi connectivity index (χ3n) is 7.98. The monoisotopic (exact) mass is 545 g/mol. The summed E-state index contributed by atoms with van der Waals surface area (Å²) < 4.78 is 38.7. The Morgan fingerprint density at radius 2 is 1.82 bits per heavy atom. The van der Waals surface area contributed by atoms with Gasteiger partial charge in [0.1, 0.15) is 5.82 Å². The number of nitrogens with zero attached hydrogens (tertiary/aromatic N) is 2. The normalized spacial score (nSPS) is 25.7. The van der Waals surface area contributed by atoms with E-state index in [-0.39, 0.29) is 24.1 Å². The van der Waals surface area contributed by atoms with E-state index in [1.54, 1.807) is 6.20 Å². The number of likely N-dealkylation sites (tertiary alicyclic amines) is 1. The number of hydrogen-bond acceptors (Lipinski definition) is 6. The van der Waals surface area contributed by atoms with Crippen molar-refractivity contribution in [2.45, 2.75) is 74.8 Å². The van der Waals surface area contributed by atoms with Crippen molar-refractivity contribution < 1.29 is 27.9 Å². The van der Waals surface area contributed by atoms with Crippen molar-refractivity contribution in [1.82, 2.24) is 20.5 Å². The molecule has 0 unspecified atom stereocenters. The van der Waals surface area contributed by atoms with Gasteiger partial charge in [0, 0.05) is 48.5 Å². The topological polar surface area (TPSA) is 107 Å². The molecule has 5 rings (SSSR count). The van der Waals surface area contributed by atoms with Crippen LogP contribution in [0.2, 0.25) is 0 Å². The van der Waals surface area contributed by atoms with Crippen LogP contribution in [-0.4, -0.2) is 64.6 Å². The van der Waals surface area contributed by atoms with E-state index < -0.39 is 23.2 Å². The van der Waals surface area contributed by atoms with Crippen molar-refractivity contribution in [2.24, 2.45) is 0 Å². The Labute approximate surface area is 225 Å². The Morgan fingerprint density at radius 3 is 2.49 bits per heavy atom. The molecule has 0 radical (unpaired) electrons. The number of anilines is 1. The largest absolute Gasteiger partial charge is 0.416 e. The van der Waals surface area contributed by atoms with Gasteiger partial charge in [-0.3, -0.25) is 14.5 Å². The van der Waals surface area contributed by atoms with E-state index in [4.69, 9.17) is 0 Å². The number of carbonyl (C=O) groups is 2. The van der Waals surface area contributed by atoms with Crippen LogP contribution < -0.4 is 16.0 Å². The maximum absolute atomic E-state index is 12.9. The zero-order valence-corrected chi connectivity index (χ0v) is 21.6. The van der Waals surface area contributed by atoms with Crippen molar-refractivity contribution >= 4 is 17.6 Å². The van der Waals surface area contributed by atoms with Crippen molar-refractivity contribution in [3.8, 4) is 0 Å². The van der Waals surface area contributed by atoms with Crippen molar-refractivity contribution in [3.05, 3.63) is 59.3 Å². The number of amides is 2. The summed E-state index contributed by atoms with van der Waals surface area (Å²) in [4.78, 5) is 31.5. The number of aliphatic hydroxyl groups is 1. The van der Waals surface area contributed by atoms with Gasteiger partial charge in [-0.1, -0.05) is 12.1 Å². The van der Waals surface area contributed by atoms with Crippen LogP contribution in [0, 0.1) is 0 Å². The summed E-state index contributed by atoms with van der Waals surface area (Å²) in [5.41, 5.74) is -1.10. The molecular formula is C28H34F3N5O3. The van der Waals surface area contributed by atoms with E-state index >= 15 is 0 Å². The molecule has 1 atom stereocenters. The van der Waals surface area contributed by atoms with Crippen LogP contribution in [0.25, 0.3) is 0 Å². The number of alkyl halides is 3. The Morgan fingerprint density at radius 1 is 1.05 bits per heavy atom. The maximum Gasteiger partial charge on any atom is 0.416 e. The Kier molecular flexibility index (Phi) is 7.82. The number of carbonyl (C=O) groups excluding carboxylic acids is 2. The first-order valence-electron chi connectivity index (χ1n) is 13.5. The molecule has 1 aliphatic heterocycles. The van der Waals surface area contributed by atoms with Gasteiger partial charge in [-0.15, -0.1) is 0 Å². The second-order valence-corrected chi connectivity index (χ2v) is 10.9. The highest BCUT2D eigenvalue weighted by Gasteiger charge is 2.39. The molecule has 2 aliphatic carbocycles. The van der Waals surface area contributed by atoms with Gasteiger partial charge in [0.15, 0.2) is 0 Å². The highest BCUT2D eigenvalue weighted by atomic mass is 19.4. The van der Waals surface area contributed by atoms with E-state index in [0.29, 0.717) is 31.5 Å². The number of pyridine rings is 1. The second-order valence-electron chi connectivity index (χ2n) is 10.9. The molecule has 4 N–H and O–H groups in total. The van der Waals surface area contributed by atoms with Crippen LogP contribution >= 0.6 is 0 Å². The van der Waals surface area contributed by atoms with Crippen molar-refractivity contribution in [1.29, 1.82) is 0 Å². The smallest absolute Gasteiger partial charge is 0.385 e. The fourth-order valence-corrected chi connectivity index (χ4v) is 5.54. The first-order chi connectivity index (χ1) is 18.6.